The molecule has 1 aliphatic carbocycles. The van der Waals surface area contributed by atoms with Crippen molar-refractivity contribution in [1.82, 2.24) is 15.5 Å². The minimum Gasteiger partial charge on any atom is -0.481 e. The number of rotatable bonds is 3. The number of nitrogens with zero attached hydrogens (tertiary/aromatic N) is 2. The van der Waals surface area contributed by atoms with E-state index in [-0.39, 0.29) is 6.04 Å². The highest BCUT2D eigenvalue weighted by atomic mass is 32.1. The van der Waals surface area contributed by atoms with Crippen LogP contribution in [0.15, 0.2) is 5.51 Å². The van der Waals surface area contributed by atoms with Crippen LogP contribution < -0.4 is 10.6 Å². The SMILES string of the molecule is O=C(Nc1nncs1)NC1CCCCC1C(=O)O. The Kier molecular flexibility index (Phi) is 4.08. The van der Waals surface area contributed by atoms with Gasteiger partial charge in [0.25, 0.3) is 0 Å². The summed E-state index contributed by atoms with van der Waals surface area (Å²) in [6.45, 7) is 0. The first-order valence-corrected chi connectivity index (χ1v) is 6.61. The molecule has 0 saturated heterocycles. The predicted octanol–water partition coefficient (Wildman–Crippen LogP) is 1.30. The minimum atomic E-state index is -0.851. The van der Waals surface area contributed by atoms with Crippen LogP contribution in [0.25, 0.3) is 0 Å². The Bertz CT molecular complexity index is 423. The van der Waals surface area contributed by atoms with Crippen LogP contribution in [0.5, 0.6) is 0 Å². The molecule has 1 heterocycles. The fraction of sp³-hybridized carbons (Fsp3) is 0.600. The van der Waals surface area contributed by atoms with E-state index >= 15 is 0 Å². The van der Waals surface area contributed by atoms with E-state index in [0.29, 0.717) is 18.0 Å². The number of carbonyl (C=O) groups excluding carboxylic acids is 1. The lowest BCUT2D eigenvalue weighted by atomic mass is 9.84. The lowest BCUT2D eigenvalue weighted by Crippen LogP contribution is -2.46. The maximum Gasteiger partial charge on any atom is 0.321 e. The molecule has 3 N–H and O–H groups in total. The Morgan fingerprint density at radius 1 is 1.39 bits per heavy atom. The van der Waals surface area contributed by atoms with Gasteiger partial charge in [-0.25, -0.2) is 4.79 Å². The second-order valence-corrected chi connectivity index (χ2v) is 5.01. The molecule has 0 aromatic carbocycles. The fourth-order valence-electron chi connectivity index (χ4n) is 2.13. The average molecular weight is 270 g/mol. The summed E-state index contributed by atoms with van der Waals surface area (Å²) in [5.74, 6) is -1.35. The Hall–Kier alpha value is -1.70. The van der Waals surface area contributed by atoms with Crippen LogP contribution in [-0.4, -0.2) is 33.3 Å². The number of amides is 2. The van der Waals surface area contributed by atoms with Gasteiger partial charge in [0.2, 0.25) is 5.13 Å². The molecular formula is C10H14N4O3S. The van der Waals surface area contributed by atoms with E-state index in [1.54, 1.807) is 0 Å². The monoisotopic (exact) mass is 270 g/mol. The zero-order chi connectivity index (χ0) is 13.0. The lowest BCUT2D eigenvalue weighted by Gasteiger charge is -2.28. The van der Waals surface area contributed by atoms with Crippen molar-refractivity contribution in [3.05, 3.63) is 5.51 Å². The summed E-state index contributed by atoms with van der Waals surface area (Å²) in [4.78, 5) is 22.7. The summed E-state index contributed by atoms with van der Waals surface area (Å²) < 4.78 is 0. The molecule has 7 nitrogen and oxygen atoms in total. The van der Waals surface area contributed by atoms with E-state index in [4.69, 9.17) is 5.11 Å². The molecule has 1 aliphatic rings. The van der Waals surface area contributed by atoms with Gasteiger partial charge < -0.3 is 10.4 Å². The van der Waals surface area contributed by atoms with Crippen LogP contribution in [0, 0.1) is 5.92 Å². The Morgan fingerprint density at radius 2 is 2.17 bits per heavy atom. The first kappa shape index (κ1) is 12.7. The first-order valence-electron chi connectivity index (χ1n) is 5.73. The first-order chi connectivity index (χ1) is 8.66. The van der Waals surface area contributed by atoms with Crippen LogP contribution in [0.2, 0.25) is 0 Å². The summed E-state index contributed by atoms with van der Waals surface area (Å²) in [7, 11) is 0. The lowest BCUT2D eigenvalue weighted by molar-refractivity contribution is -0.143. The van der Waals surface area contributed by atoms with Crippen molar-refractivity contribution in [3.63, 3.8) is 0 Å². The molecule has 2 unspecified atom stereocenters. The number of nitrogens with one attached hydrogen (secondary N) is 2. The molecule has 1 fully saturated rings. The van der Waals surface area contributed by atoms with E-state index in [0.717, 1.165) is 12.8 Å². The third-order valence-corrected chi connectivity index (χ3v) is 3.59. The minimum absolute atomic E-state index is 0.316. The van der Waals surface area contributed by atoms with Crippen LogP contribution >= 0.6 is 11.3 Å². The molecule has 0 aliphatic heterocycles. The third-order valence-electron chi connectivity index (χ3n) is 2.98. The summed E-state index contributed by atoms with van der Waals surface area (Å²) in [5, 5.41) is 22.0. The highest BCUT2D eigenvalue weighted by molar-refractivity contribution is 7.13. The zero-order valence-electron chi connectivity index (χ0n) is 9.63. The van der Waals surface area contributed by atoms with Gasteiger partial charge in [-0.1, -0.05) is 24.2 Å². The maximum absolute atomic E-state index is 11.7. The third kappa shape index (κ3) is 3.16. The van der Waals surface area contributed by atoms with Crippen molar-refractivity contribution in [2.24, 2.45) is 5.92 Å². The van der Waals surface area contributed by atoms with Crippen LogP contribution in [0.3, 0.4) is 0 Å². The fourth-order valence-corrected chi connectivity index (χ4v) is 2.57. The second-order valence-electron chi connectivity index (χ2n) is 4.18. The summed E-state index contributed by atoms with van der Waals surface area (Å²) in [5.41, 5.74) is 1.51. The molecule has 0 bridgehead atoms. The van der Waals surface area contributed by atoms with Crippen molar-refractivity contribution in [1.29, 1.82) is 0 Å². The van der Waals surface area contributed by atoms with E-state index < -0.39 is 17.9 Å². The standard InChI is InChI=1S/C10H14N4O3S/c15-8(16)6-3-1-2-4-7(6)12-9(17)13-10-14-11-5-18-10/h5-7H,1-4H2,(H,15,16)(H2,12,13,14,17). The van der Waals surface area contributed by atoms with Gasteiger partial charge in [-0.05, 0) is 12.8 Å². The van der Waals surface area contributed by atoms with Gasteiger partial charge in [0.15, 0.2) is 0 Å². The maximum atomic E-state index is 11.7. The molecule has 98 valence electrons. The van der Waals surface area contributed by atoms with Gasteiger partial charge >= 0.3 is 12.0 Å². The summed E-state index contributed by atoms with van der Waals surface area (Å²) >= 11 is 1.21. The topological polar surface area (TPSA) is 104 Å². The second kappa shape index (κ2) is 5.76. The molecule has 0 radical (unpaired) electrons. The smallest absolute Gasteiger partial charge is 0.321 e. The van der Waals surface area contributed by atoms with Crippen LogP contribution in [-0.2, 0) is 4.79 Å². The molecular weight excluding hydrogens is 256 g/mol. The van der Waals surface area contributed by atoms with E-state index in [1.165, 1.54) is 16.8 Å². The number of hydrogen-bond acceptors (Lipinski definition) is 5. The van der Waals surface area contributed by atoms with Crippen molar-refractivity contribution in [2.45, 2.75) is 31.7 Å². The van der Waals surface area contributed by atoms with E-state index in [1.807, 2.05) is 0 Å². The number of urea groups is 1. The molecule has 1 aromatic rings. The average Bonchev–Trinajstić information content (AvgIpc) is 2.82. The van der Waals surface area contributed by atoms with Gasteiger partial charge in [-0.2, -0.15) is 0 Å². The van der Waals surface area contributed by atoms with Crippen molar-refractivity contribution >= 4 is 28.5 Å². The number of carboxylic acids is 1. The number of aliphatic carboxylic acids is 1. The number of carboxylic acid groups (broad SMARTS) is 1. The zero-order valence-corrected chi connectivity index (χ0v) is 10.4. The predicted molar refractivity (Wildman–Crippen MR) is 65.4 cm³/mol. The van der Waals surface area contributed by atoms with E-state index in [2.05, 4.69) is 20.8 Å². The van der Waals surface area contributed by atoms with Gasteiger partial charge in [0.1, 0.15) is 5.51 Å². The molecule has 2 amide bonds. The Balaban J connectivity index is 1.90. The van der Waals surface area contributed by atoms with Gasteiger partial charge in [-0.3, -0.25) is 10.1 Å². The molecule has 1 aromatic heterocycles. The number of carbonyl (C=O) groups is 2. The highest BCUT2D eigenvalue weighted by Gasteiger charge is 2.31. The normalized spacial score (nSPS) is 23.3. The molecule has 18 heavy (non-hydrogen) atoms. The highest BCUT2D eigenvalue weighted by Crippen LogP contribution is 2.24. The van der Waals surface area contributed by atoms with Crippen LogP contribution in [0.4, 0.5) is 9.93 Å². The van der Waals surface area contributed by atoms with Crippen LogP contribution in [0.1, 0.15) is 25.7 Å². The summed E-state index contributed by atoms with van der Waals surface area (Å²) in [6.07, 6.45) is 3.14. The molecule has 8 heteroatoms. The quantitative estimate of drug-likeness (QED) is 0.768. The van der Waals surface area contributed by atoms with Gasteiger partial charge in [-0.15, -0.1) is 10.2 Å². The molecule has 0 spiro atoms. The van der Waals surface area contributed by atoms with Crippen molar-refractivity contribution in [2.75, 3.05) is 5.32 Å². The molecule has 2 rings (SSSR count). The number of aromatic nitrogens is 2. The summed E-state index contributed by atoms with van der Waals surface area (Å²) in [6, 6.07) is -0.742. The van der Waals surface area contributed by atoms with Gasteiger partial charge in [0, 0.05) is 6.04 Å². The van der Waals surface area contributed by atoms with E-state index in [9.17, 15) is 9.59 Å². The Morgan fingerprint density at radius 3 is 2.83 bits per heavy atom. The largest absolute Gasteiger partial charge is 0.481 e. The Labute approximate surface area is 108 Å². The van der Waals surface area contributed by atoms with Crippen molar-refractivity contribution < 1.29 is 14.7 Å². The number of hydrogen-bond donors (Lipinski definition) is 3. The van der Waals surface area contributed by atoms with Crippen molar-refractivity contribution in [3.8, 4) is 0 Å². The molecule has 1 saturated carbocycles. The molecule has 2 atom stereocenters. The number of anilines is 1. The van der Waals surface area contributed by atoms with Gasteiger partial charge in [0.05, 0.1) is 5.92 Å².